The lowest BCUT2D eigenvalue weighted by Crippen LogP contribution is -2.49. The van der Waals surface area contributed by atoms with Crippen molar-refractivity contribution < 1.29 is 32.2 Å². The first kappa shape index (κ1) is 25.8. The zero-order valence-corrected chi connectivity index (χ0v) is 21.1. The molecule has 0 aliphatic carbocycles. The van der Waals surface area contributed by atoms with Gasteiger partial charge in [0, 0.05) is 11.3 Å². The number of methoxy groups -OCH3 is 2. The molecule has 200 valence electrons. The van der Waals surface area contributed by atoms with Gasteiger partial charge in [-0.25, -0.2) is 9.79 Å². The minimum absolute atomic E-state index is 0.0698. The Balaban J connectivity index is 1.81. The Morgan fingerprint density at radius 3 is 2.23 bits per heavy atom. The number of nitrogens with one attached hydrogen (secondary N) is 1. The summed E-state index contributed by atoms with van der Waals surface area (Å²) in [6, 6.07) is 20.6. The van der Waals surface area contributed by atoms with Crippen LogP contribution in [0.25, 0.3) is 5.69 Å². The smallest absolute Gasteiger partial charge is 0.455 e. The Hall–Kier alpha value is -4.80. The van der Waals surface area contributed by atoms with E-state index in [0.717, 1.165) is 17.4 Å². The first-order valence-corrected chi connectivity index (χ1v) is 11.8. The van der Waals surface area contributed by atoms with Crippen LogP contribution in [0.4, 0.5) is 18.9 Å². The van der Waals surface area contributed by atoms with Crippen molar-refractivity contribution in [2.24, 2.45) is 4.99 Å². The highest BCUT2D eigenvalue weighted by atomic mass is 19.4. The number of hydrogen-bond acceptors (Lipinski definition) is 7. The van der Waals surface area contributed by atoms with Crippen molar-refractivity contribution in [3.05, 3.63) is 101 Å². The van der Waals surface area contributed by atoms with E-state index in [2.05, 4.69) is 15.4 Å². The number of benzene rings is 3. The number of amidine groups is 1. The Labute approximate surface area is 221 Å². The predicted molar refractivity (Wildman–Crippen MR) is 138 cm³/mol. The molecule has 0 bridgehead atoms. The molecule has 3 aromatic carbocycles. The molecule has 39 heavy (non-hydrogen) atoms. The number of carbonyl (C=O) groups excluding carboxylic acids is 1. The summed E-state index contributed by atoms with van der Waals surface area (Å²) in [5, 5.41) is 7.27. The van der Waals surface area contributed by atoms with Gasteiger partial charge < -0.3 is 19.5 Å². The van der Waals surface area contributed by atoms with E-state index in [1.54, 1.807) is 54.6 Å². The molecule has 1 aromatic heterocycles. The molecule has 0 spiro atoms. The second-order valence-electron chi connectivity index (χ2n) is 8.69. The van der Waals surface area contributed by atoms with E-state index in [4.69, 9.17) is 14.2 Å². The zero-order chi connectivity index (χ0) is 27.8. The second-order valence-corrected chi connectivity index (χ2v) is 8.69. The fraction of sp³-hybridized carbons (Fsp3) is 0.179. The van der Waals surface area contributed by atoms with Gasteiger partial charge >= 0.3 is 17.9 Å². The van der Waals surface area contributed by atoms with Crippen LogP contribution in [0.5, 0.6) is 11.6 Å². The fourth-order valence-corrected chi connectivity index (χ4v) is 4.16. The number of aryl methyl sites for hydroxylation is 1. The molecule has 0 fully saturated rings. The van der Waals surface area contributed by atoms with Gasteiger partial charge in [-0.1, -0.05) is 35.9 Å². The summed E-state index contributed by atoms with van der Waals surface area (Å²) in [7, 11) is 2.56. The molecule has 0 amide bonds. The summed E-state index contributed by atoms with van der Waals surface area (Å²) in [5.74, 6) is -1.11. The number of halogens is 3. The maximum atomic E-state index is 15.1. The third-order valence-corrected chi connectivity index (χ3v) is 6.15. The van der Waals surface area contributed by atoms with E-state index in [-0.39, 0.29) is 28.5 Å². The number of aliphatic imine (C=N–C) groups is 1. The molecule has 0 unspecified atom stereocenters. The fourth-order valence-electron chi connectivity index (χ4n) is 4.16. The zero-order valence-electron chi connectivity index (χ0n) is 21.1. The standard InChI is InChI=1S/C28H23F3N4O4/c1-17-9-13-19(14-10-17)32-24-22-23(26(36)38-3)34-35(20-7-5-4-6-8-20)25(22)39-27(33-24,28(29,30)31)18-11-15-21(37-2)16-12-18/h4-16H,1-3H3,(H,32,33)/t27-/m1/s1. The van der Waals surface area contributed by atoms with Crippen LogP contribution in [0.1, 0.15) is 27.2 Å². The van der Waals surface area contributed by atoms with E-state index in [1.165, 1.54) is 31.4 Å². The van der Waals surface area contributed by atoms with Crippen LogP contribution < -0.4 is 14.8 Å². The van der Waals surface area contributed by atoms with Gasteiger partial charge in [-0.2, -0.15) is 23.0 Å². The predicted octanol–water partition coefficient (Wildman–Crippen LogP) is 5.64. The van der Waals surface area contributed by atoms with Gasteiger partial charge in [-0.15, -0.1) is 0 Å². The number of hydrogen-bond donors (Lipinski definition) is 1. The summed E-state index contributed by atoms with van der Waals surface area (Å²) in [5.41, 5.74) is -2.05. The molecule has 4 aromatic rings. The topological polar surface area (TPSA) is 87.0 Å². The van der Waals surface area contributed by atoms with Crippen molar-refractivity contribution >= 4 is 17.5 Å². The number of nitrogens with zero attached hydrogens (tertiary/aromatic N) is 3. The van der Waals surface area contributed by atoms with Gasteiger partial charge in [-0.05, 0) is 55.5 Å². The third kappa shape index (κ3) is 4.56. The summed E-state index contributed by atoms with van der Waals surface area (Å²) < 4.78 is 62.2. The number of para-hydroxylation sites is 1. The lowest BCUT2D eigenvalue weighted by molar-refractivity contribution is -0.253. The normalized spacial score (nSPS) is 16.5. The first-order valence-electron chi connectivity index (χ1n) is 11.8. The summed E-state index contributed by atoms with van der Waals surface area (Å²) >= 11 is 0. The maximum Gasteiger partial charge on any atom is 0.455 e. The molecule has 1 atom stereocenters. The van der Waals surface area contributed by atoms with E-state index in [1.807, 2.05) is 6.92 Å². The lowest BCUT2D eigenvalue weighted by atomic mass is 10.00. The van der Waals surface area contributed by atoms with Gasteiger partial charge in [0.25, 0.3) is 0 Å². The Bertz CT molecular complexity index is 1530. The highest BCUT2D eigenvalue weighted by molar-refractivity contribution is 6.15. The summed E-state index contributed by atoms with van der Waals surface area (Å²) in [4.78, 5) is 16.9. The van der Waals surface area contributed by atoms with Crippen LogP contribution >= 0.6 is 0 Å². The number of ether oxygens (including phenoxy) is 3. The number of anilines is 1. The first-order chi connectivity index (χ1) is 18.7. The number of alkyl halides is 3. The molecule has 8 nitrogen and oxygen atoms in total. The molecule has 1 aliphatic rings. The van der Waals surface area contributed by atoms with Crippen molar-refractivity contribution in [2.75, 3.05) is 19.5 Å². The average molecular weight is 537 g/mol. The monoisotopic (exact) mass is 536 g/mol. The van der Waals surface area contributed by atoms with E-state index >= 15 is 13.2 Å². The molecule has 0 saturated carbocycles. The van der Waals surface area contributed by atoms with Gasteiger partial charge in [0.1, 0.15) is 17.1 Å². The lowest BCUT2D eigenvalue weighted by Gasteiger charge is -2.36. The number of fused-ring (bicyclic) bond motifs is 1. The van der Waals surface area contributed by atoms with E-state index in [9.17, 15) is 4.79 Å². The number of esters is 1. The van der Waals surface area contributed by atoms with Crippen LogP contribution in [0.15, 0.2) is 83.9 Å². The van der Waals surface area contributed by atoms with Crippen molar-refractivity contribution in [3.63, 3.8) is 0 Å². The molecule has 1 aliphatic heterocycles. The van der Waals surface area contributed by atoms with Crippen molar-refractivity contribution in [2.45, 2.75) is 18.8 Å². The average Bonchev–Trinajstić information content (AvgIpc) is 3.33. The van der Waals surface area contributed by atoms with Gasteiger partial charge in [0.05, 0.1) is 19.9 Å². The van der Waals surface area contributed by atoms with Crippen LogP contribution in [-0.2, 0) is 10.5 Å². The van der Waals surface area contributed by atoms with Crippen LogP contribution in [0.3, 0.4) is 0 Å². The van der Waals surface area contributed by atoms with Crippen LogP contribution in [0, 0.1) is 6.92 Å². The van der Waals surface area contributed by atoms with Crippen molar-refractivity contribution in [3.8, 4) is 17.3 Å². The molecule has 5 rings (SSSR count). The molecule has 2 heterocycles. The highest BCUT2D eigenvalue weighted by Gasteiger charge is 2.62. The van der Waals surface area contributed by atoms with Crippen molar-refractivity contribution in [1.29, 1.82) is 0 Å². The number of carbonyl (C=O) groups is 1. The maximum absolute atomic E-state index is 15.1. The summed E-state index contributed by atoms with van der Waals surface area (Å²) in [6.45, 7) is 1.88. The second kappa shape index (κ2) is 9.82. The molecule has 11 heteroatoms. The quantitative estimate of drug-likeness (QED) is 0.332. The molecular formula is C28H23F3N4O4. The Kier molecular flexibility index (Phi) is 6.51. The van der Waals surface area contributed by atoms with Crippen molar-refractivity contribution in [1.82, 2.24) is 9.78 Å². The Morgan fingerprint density at radius 2 is 1.64 bits per heavy atom. The van der Waals surface area contributed by atoms with E-state index in [0.29, 0.717) is 17.1 Å². The molecule has 1 N–H and O–H groups in total. The molecule has 0 radical (unpaired) electrons. The largest absolute Gasteiger partial charge is 0.497 e. The highest BCUT2D eigenvalue weighted by Crippen LogP contribution is 2.49. The van der Waals surface area contributed by atoms with E-state index < -0.39 is 17.9 Å². The van der Waals surface area contributed by atoms with Gasteiger partial charge in [-0.3, -0.25) is 0 Å². The number of rotatable bonds is 5. The minimum Gasteiger partial charge on any atom is -0.497 e. The van der Waals surface area contributed by atoms with Crippen LogP contribution in [0.2, 0.25) is 0 Å². The number of aromatic nitrogens is 2. The van der Waals surface area contributed by atoms with Crippen LogP contribution in [-0.4, -0.2) is 42.0 Å². The summed E-state index contributed by atoms with van der Waals surface area (Å²) in [6.07, 6.45) is -5.03. The van der Waals surface area contributed by atoms with Gasteiger partial charge in [0.2, 0.25) is 5.88 Å². The molecular weight excluding hydrogens is 513 g/mol. The third-order valence-electron chi connectivity index (χ3n) is 6.15. The SMILES string of the molecule is COC(=O)c1nn(-c2ccccc2)c2c1C(Nc1ccc(C)cc1)=N[C@@](c1ccc(OC)cc1)(C(F)(F)F)O2. The molecule has 0 saturated heterocycles. The Morgan fingerprint density at radius 1 is 0.974 bits per heavy atom. The van der Waals surface area contributed by atoms with Gasteiger partial charge in [0.15, 0.2) is 5.69 Å². The minimum atomic E-state index is -5.03.